The molecule has 1 unspecified atom stereocenters. The summed E-state index contributed by atoms with van der Waals surface area (Å²) >= 11 is 0. The Hall–Kier alpha value is -2.56. The number of aryl methyl sites for hydroxylation is 1. The number of amides is 2. The zero-order chi connectivity index (χ0) is 19.6. The van der Waals surface area contributed by atoms with Gasteiger partial charge >= 0.3 is 0 Å². The van der Waals surface area contributed by atoms with Crippen LogP contribution < -0.4 is 0 Å². The predicted octanol–water partition coefficient (Wildman–Crippen LogP) is 3.38. The van der Waals surface area contributed by atoms with Crippen molar-refractivity contribution in [2.75, 3.05) is 13.1 Å². The lowest BCUT2D eigenvalue weighted by Gasteiger charge is -2.39. The van der Waals surface area contributed by atoms with Crippen LogP contribution in [0.5, 0.6) is 0 Å². The topological polar surface area (TPSA) is 45.6 Å². The first-order valence-electron chi connectivity index (χ1n) is 9.73. The van der Waals surface area contributed by atoms with Crippen LogP contribution in [0.1, 0.15) is 50.1 Å². The molecule has 2 aromatic rings. The Kier molecular flexibility index (Phi) is 5.68. The second-order valence-electron chi connectivity index (χ2n) is 7.50. The molecule has 0 fully saturated rings. The van der Waals surface area contributed by atoms with E-state index in [-0.39, 0.29) is 30.4 Å². The summed E-state index contributed by atoms with van der Waals surface area (Å²) in [6.07, 6.45) is 2.48. The minimum atomic E-state index is -0.119. The number of hydrogen-bond acceptors (Lipinski definition) is 2. The van der Waals surface area contributed by atoms with Gasteiger partial charge in [0.05, 0.1) is 6.04 Å². The number of fused-ring (bicyclic) bond motifs is 1. The first-order valence-corrected chi connectivity index (χ1v) is 9.73. The van der Waals surface area contributed by atoms with Crippen molar-refractivity contribution in [3.8, 4) is 0 Å². The summed E-state index contributed by atoms with van der Waals surface area (Å²) in [6.45, 7) is 9.38. The van der Waals surface area contributed by atoms with Gasteiger partial charge in [0.15, 0.2) is 0 Å². The Labute approximate surface area is 161 Å². The van der Waals surface area contributed by atoms with Crippen molar-refractivity contribution < 1.29 is 9.59 Å². The second-order valence-corrected chi connectivity index (χ2v) is 7.50. The lowest BCUT2D eigenvalue weighted by Crippen LogP contribution is -2.49. The first kappa shape index (κ1) is 19.2. The molecule has 5 heteroatoms. The number of nitrogens with zero attached hydrogens (tertiary/aromatic N) is 3. The highest BCUT2D eigenvalue weighted by atomic mass is 16.2. The standard InChI is InChI=1S/C22H29N3O2/c1-5-20(26)25(16(2)3)15-21(27)24-13-12-23-11-7-10-19(23)22(24)18-9-6-8-17(4)14-18/h6-11,14,16,22H,5,12-13,15H2,1-4H3. The fraction of sp³-hybridized carbons (Fsp3) is 0.455. The summed E-state index contributed by atoms with van der Waals surface area (Å²) in [5, 5.41) is 0. The number of benzene rings is 1. The molecule has 0 bridgehead atoms. The largest absolute Gasteiger partial charge is 0.348 e. The van der Waals surface area contributed by atoms with Crippen molar-refractivity contribution in [3.63, 3.8) is 0 Å². The summed E-state index contributed by atoms with van der Waals surface area (Å²) in [4.78, 5) is 29.1. The van der Waals surface area contributed by atoms with Crippen molar-refractivity contribution >= 4 is 11.8 Å². The van der Waals surface area contributed by atoms with Crippen LogP contribution >= 0.6 is 0 Å². The molecule has 1 aliphatic heterocycles. The van der Waals surface area contributed by atoms with E-state index < -0.39 is 0 Å². The van der Waals surface area contributed by atoms with Gasteiger partial charge in [-0.2, -0.15) is 0 Å². The van der Waals surface area contributed by atoms with Crippen molar-refractivity contribution in [2.24, 2.45) is 0 Å². The van der Waals surface area contributed by atoms with E-state index in [1.165, 1.54) is 5.56 Å². The zero-order valence-electron chi connectivity index (χ0n) is 16.7. The van der Waals surface area contributed by atoms with Crippen molar-refractivity contribution in [1.29, 1.82) is 0 Å². The summed E-state index contributed by atoms with van der Waals surface area (Å²) in [7, 11) is 0. The Bertz CT molecular complexity index is 824. The molecule has 3 rings (SSSR count). The molecule has 0 N–H and O–H groups in total. The third kappa shape index (κ3) is 3.92. The van der Waals surface area contributed by atoms with Gasteiger partial charge in [0.1, 0.15) is 6.54 Å². The third-order valence-electron chi connectivity index (χ3n) is 5.27. The van der Waals surface area contributed by atoms with Crippen LogP contribution in [0.15, 0.2) is 42.6 Å². The van der Waals surface area contributed by atoms with Gasteiger partial charge < -0.3 is 14.4 Å². The van der Waals surface area contributed by atoms with Gasteiger partial charge in [0, 0.05) is 37.4 Å². The Morgan fingerprint density at radius 3 is 2.63 bits per heavy atom. The maximum absolute atomic E-state index is 13.3. The van der Waals surface area contributed by atoms with Crippen LogP contribution in [-0.2, 0) is 16.1 Å². The summed E-state index contributed by atoms with van der Waals surface area (Å²) in [5.41, 5.74) is 3.41. The van der Waals surface area contributed by atoms with E-state index in [9.17, 15) is 9.59 Å². The lowest BCUT2D eigenvalue weighted by molar-refractivity contribution is -0.143. The molecule has 1 aromatic heterocycles. The molecule has 0 spiro atoms. The molecule has 2 amide bonds. The van der Waals surface area contributed by atoms with Gasteiger partial charge in [-0.3, -0.25) is 9.59 Å². The van der Waals surface area contributed by atoms with E-state index in [2.05, 4.69) is 42.0 Å². The maximum atomic E-state index is 13.3. The Morgan fingerprint density at radius 2 is 1.96 bits per heavy atom. The minimum Gasteiger partial charge on any atom is -0.348 e. The molecule has 5 nitrogen and oxygen atoms in total. The molecular weight excluding hydrogens is 338 g/mol. The van der Waals surface area contributed by atoms with E-state index in [1.807, 2.05) is 37.8 Å². The van der Waals surface area contributed by atoms with Crippen LogP contribution in [-0.4, -0.2) is 45.3 Å². The summed E-state index contributed by atoms with van der Waals surface area (Å²) < 4.78 is 2.22. The number of hydrogen-bond donors (Lipinski definition) is 0. The average molecular weight is 367 g/mol. The number of carbonyl (C=O) groups excluding carboxylic acids is 2. The smallest absolute Gasteiger partial charge is 0.243 e. The minimum absolute atomic E-state index is 0.00413. The third-order valence-corrected chi connectivity index (χ3v) is 5.27. The van der Waals surface area contributed by atoms with Gasteiger partial charge in [-0.25, -0.2) is 0 Å². The highest BCUT2D eigenvalue weighted by Crippen LogP contribution is 2.33. The van der Waals surface area contributed by atoms with E-state index in [1.54, 1.807) is 4.90 Å². The van der Waals surface area contributed by atoms with Gasteiger partial charge in [0.25, 0.3) is 0 Å². The zero-order valence-corrected chi connectivity index (χ0v) is 16.7. The molecule has 0 saturated carbocycles. The second kappa shape index (κ2) is 7.99. The molecule has 144 valence electrons. The van der Waals surface area contributed by atoms with Gasteiger partial charge in [-0.05, 0) is 38.5 Å². The maximum Gasteiger partial charge on any atom is 0.243 e. The molecular formula is C22H29N3O2. The van der Waals surface area contributed by atoms with Crippen molar-refractivity contribution in [2.45, 2.75) is 52.7 Å². The predicted molar refractivity (Wildman–Crippen MR) is 106 cm³/mol. The highest BCUT2D eigenvalue weighted by molar-refractivity contribution is 5.85. The van der Waals surface area contributed by atoms with Gasteiger partial charge in [0.2, 0.25) is 11.8 Å². The van der Waals surface area contributed by atoms with Crippen molar-refractivity contribution in [1.82, 2.24) is 14.4 Å². The van der Waals surface area contributed by atoms with Crippen LogP contribution in [0.2, 0.25) is 0 Å². The van der Waals surface area contributed by atoms with E-state index in [4.69, 9.17) is 0 Å². The molecule has 0 radical (unpaired) electrons. The van der Waals surface area contributed by atoms with Gasteiger partial charge in [-0.1, -0.05) is 36.8 Å². The molecule has 1 aromatic carbocycles. The molecule has 0 aliphatic carbocycles. The van der Waals surface area contributed by atoms with Crippen LogP contribution in [0, 0.1) is 6.92 Å². The normalized spacial score (nSPS) is 16.3. The quantitative estimate of drug-likeness (QED) is 0.813. The SMILES string of the molecule is CCC(=O)N(CC(=O)N1CCn2cccc2C1c1cccc(C)c1)C(C)C. The number of aromatic nitrogens is 1. The molecule has 2 heterocycles. The monoisotopic (exact) mass is 367 g/mol. The van der Waals surface area contributed by atoms with Crippen molar-refractivity contribution in [3.05, 3.63) is 59.4 Å². The average Bonchev–Trinajstić information content (AvgIpc) is 3.12. The number of rotatable bonds is 5. The lowest BCUT2D eigenvalue weighted by atomic mass is 9.98. The Balaban J connectivity index is 1.93. The molecule has 27 heavy (non-hydrogen) atoms. The van der Waals surface area contributed by atoms with Crippen LogP contribution in [0.3, 0.4) is 0 Å². The van der Waals surface area contributed by atoms with Gasteiger partial charge in [-0.15, -0.1) is 0 Å². The van der Waals surface area contributed by atoms with E-state index in [0.29, 0.717) is 13.0 Å². The van der Waals surface area contributed by atoms with E-state index in [0.717, 1.165) is 17.8 Å². The highest BCUT2D eigenvalue weighted by Gasteiger charge is 2.33. The van der Waals surface area contributed by atoms with Crippen LogP contribution in [0.25, 0.3) is 0 Å². The molecule has 1 aliphatic rings. The fourth-order valence-corrected chi connectivity index (χ4v) is 3.84. The van der Waals surface area contributed by atoms with E-state index >= 15 is 0 Å². The first-order chi connectivity index (χ1) is 12.9. The summed E-state index contributed by atoms with van der Waals surface area (Å²) in [5.74, 6) is 0.0234. The summed E-state index contributed by atoms with van der Waals surface area (Å²) in [6, 6.07) is 12.3. The Morgan fingerprint density at radius 1 is 1.19 bits per heavy atom. The van der Waals surface area contributed by atoms with Crippen LogP contribution in [0.4, 0.5) is 0 Å². The fourth-order valence-electron chi connectivity index (χ4n) is 3.84. The molecule has 1 atom stereocenters. The number of carbonyl (C=O) groups is 2. The molecule has 0 saturated heterocycles.